The largest absolute Gasteiger partial charge is 0.469 e. The Labute approximate surface area is 230 Å². The molecule has 1 heterocycles. The Bertz CT molecular complexity index is 1250. The summed E-state index contributed by atoms with van der Waals surface area (Å²) in [5.74, 6) is -0.213. The highest BCUT2D eigenvalue weighted by atomic mass is 19.3. The summed E-state index contributed by atoms with van der Waals surface area (Å²) in [7, 11) is 1.46. The topological polar surface area (TPSA) is 69.4 Å². The molecule has 214 valence electrons. The smallest absolute Gasteiger partial charge is 0.308 e. The van der Waals surface area contributed by atoms with Gasteiger partial charge in [0.05, 0.1) is 24.6 Å². The molecule has 5 aliphatic rings. The summed E-state index contributed by atoms with van der Waals surface area (Å²) in [6.45, 7) is 12.7. The molecule has 5 aliphatic carbocycles. The zero-order valence-electron chi connectivity index (χ0n) is 24.4. The minimum Gasteiger partial charge on any atom is -0.469 e. The van der Waals surface area contributed by atoms with E-state index in [1.54, 1.807) is 13.1 Å². The third kappa shape index (κ3) is 3.31. The van der Waals surface area contributed by atoms with E-state index in [2.05, 4.69) is 39.8 Å². The number of nitrogens with zero attached hydrogens (tertiary/aromatic N) is 1. The van der Waals surface area contributed by atoms with Gasteiger partial charge in [-0.05, 0) is 97.4 Å². The van der Waals surface area contributed by atoms with Crippen molar-refractivity contribution in [3.8, 4) is 0 Å². The number of hydrogen-bond donors (Lipinski definition) is 0. The van der Waals surface area contributed by atoms with Crippen LogP contribution in [0.4, 0.5) is 8.78 Å². The molecule has 3 fully saturated rings. The van der Waals surface area contributed by atoms with Crippen molar-refractivity contribution in [2.75, 3.05) is 7.11 Å². The van der Waals surface area contributed by atoms with Crippen LogP contribution >= 0.6 is 0 Å². The van der Waals surface area contributed by atoms with Crippen molar-refractivity contribution in [1.29, 1.82) is 0 Å². The number of carbonyl (C=O) groups is 2. The number of fused-ring (bicyclic) bond motifs is 8. The van der Waals surface area contributed by atoms with E-state index in [1.807, 2.05) is 6.08 Å². The maximum Gasteiger partial charge on any atom is 0.308 e. The molecule has 1 unspecified atom stereocenters. The van der Waals surface area contributed by atoms with Gasteiger partial charge < -0.3 is 9.26 Å². The fourth-order valence-corrected chi connectivity index (χ4v) is 11.0. The maximum atomic E-state index is 14.9. The average Bonchev–Trinajstić information content (AvgIpc) is 3.32. The van der Waals surface area contributed by atoms with Crippen LogP contribution in [0, 0.1) is 51.2 Å². The number of esters is 1. The lowest BCUT2D eigenvalue weighted by Gasteiger charge is -2.68. The van der Waals surface area contributed by atoms with E-state index in [-0.39, 0.29) is 57.6 Å². The van der Waals surface area contributed by atoms with Crippen molar-refractivity contribution in [1.82, 2.24) is 5.16 Å². The molecule has 0 bridgehead atoms. The SMILES string of the molecule is COC(=O)[C@@H]1CC(C)(C)C[C@@H]2C1CC[C@]1(C)[C@@H]2C(=O)C=C2[C@@]3(C)Cc4cnoc4[C@@](C)(C(F)F)[C@@H]3CC[C@]21C. The zero-order chi connectivity index (χ0) is 28.3. The highest BCUT2D eigenvalue weighted by Crippen LogP contribution is 2.74. The van der Waals surface area contributed by atoms with E-state index >= 15 is 0 Å². The lowest BCUT2D eigenvalue weighted by molar-refractivity contribution is -0.174. The van der Waals surface area contributed by atoms with Crippen LogP contribution in [0.2, 0.25) is 0 Å². The van der Waals surface area contributed by atoms with Gasteiger partial charge in [0.25, 0.3) is 6.43 Å². The summed E-state index contributed by atoms with van der Waals surface area (Å²) >= 11 is 0. The van der Waals surface area contributed by atoms with Crippen molar-refractivity contribution >= 4 is 11.8 Å². The first kappa shape index (κ1) is 27.1. The molecule has 0 radical (unpaired) electrons. The highest BCUT2D eigenvalue weighted by Gasteiger charge is 2.70. The molecule has 6 rings (SSSR count). The van der Waals surface area contributed by atoms with Gasteiger partial charge in [-0.3, -0.25) is 9.59 Å². The lowest BCUT2D eigenvalue weighted by atomic mass is 9.35. The lowest BCUT2D eigenvalue weighted by Crippen LogP contribution is -2.65. The Balaban J connectivity index is 1.48. The van der Waals surface area contributed by atoms with Crippen LogP contribution in [0.3, 0.4) is 0 Å². The van der Waals surface area contributed by atoms with E-state index in [0.29, 0.717) is 18.6 Å². The number of carbonyl (C=O) groups excluding carboxylic acids is 2. The number of alkyl halides is 2. The van der Waals surface area contributed by atoms with Gasteiger partial charge in [-0.2, -0.15) is 0 Å². The molecule has 5 nitrogen and oxygen atoms in total. The third-order valence-electron chi connectivity index (χ3n) is 12.9. The van der Waals surface area contributed by atoms with Crippen LogP contribution in [0.25, 0.3) is 0 Å². The molecular weight excluding hydrogens is 500 g/mol. The summed E-state index contributed by atoms with van der Waals surface area (Å²) in [5, 5.41) is 3.94. The summed E-state index contributed by atoms with van der Waals surface area (Å²) < 4.78 is 40.6. The molecule has 7 heteroatoms. The van der Waals surface area contributed by atoms with E-state index in [0.717, 1.165) is 43.2 Å². The molecule has 0 spiro atoms. The summed E-state index contributed by atoms with van der Waals surface area (Å²) in [5.41, 5.74) is -0.958. The Morgan fingerprint density at radius 2 is 1.79 bits per heavy atom. The van der Waals surface area contributed by atoms with Crippen LogP contribution < -0.4 is 0 Å². The molecule has 0 N–H and O–H groups in total. The van der Waals surface area contributed by atoms with Gasteiger partial charge in [0.15, 0.2) is 11.5 Å². The second kappa shape index (κ2) is 8.25. The Hall–Kier alpha value is -2.05. The Morgan fingerprint density at radius 1 is 1.08 bits per heavy atom. The zero-order valence-corrected chi connectivity index (χ0v) is 24.4. The van der Waals surface area contributed by atoms with E-state index < -0.39 is 17.3 Å². The predicted octanol–water partition coefficient (Wildman–Crippen LogP) is 6.94. The van der Waals surface area contributed by atoms with E-state index in [1.165, 1.54) is 7.11 Å². The number of aromatic nitrogens is 1. The summed E-state index contributed by atoms with van der Waals surface area (Å²) in [6.07, 6.45) is 6.24. The molecule has 39 heavy (non-hydrogen) atoms. The first-order valence-corrected chi connectivity index (χ1v) is 14.7. The van der Waals surface area contributed by atoms with Gasteiger partial charge >= 0.3 is 5.97 Å². The number of ether oxygens (including phenoxy) is 1. The molecule has 3 saturated carbocycles. The van der Waals surface area contributed by atoms with Crippen LogP contribution in [0.1, 0.15) is 91.4 Å². The third-order valence-corrected chi connectivity index (χ3v) is 12.9. The molecule has 0 aromatic carbocycles. The summed E-state index contributed by atoms with van der Waals surface area (Å²) in [4.78, 5) is 27.3. The van der Waals surface area contributed by atoms with Crippen molar-refractivity contribution in [2.45, 2.75) is 98.3 Å². The minimum absolute atomic E-state index is 0.0692. The first-order valence-electron chi connectivity index (χ1n) is 14.7. The minimum atomic E-state index is -2.60. The first-order chi connectivity index (χ1) is 18.1. The normalized spacial score (nSPS) is 46.3. The van der Waals surface area contributed by atoms with Crippen LogP contribution in [-0.4, -0.2) is 30.4 Å². The molecule has 0 saturated heterocycles. The fraction of sp³-hybridized carbons (Fsp3) is 0.781. The molecule has 0 aliphatic heterocycles. The molecule has 0 amide bonds. The fourth-order valence-electron chi connectivity index (χ4n) is 11.0. The van der Waals surface area contributed by atoms with Gasteiger partial charge in [0.1, 0.15) is 0 Å². The van der Waals surface area contributed by atoms with Gasteiger partial charge in [-0.1, -0.05) is 45.3 Å². The second-order valence-corrected chi connectivity index (χ2v) is 15.2. The Kier molecular flexibility index (Phi) is 5.74. The number of hydrogen-bond acceptors (Lipinski definition) is 5. The molecule has 9 atom stereocenters. The number of ketones is 1. The van der Waals surface area contributed by atoms with Gasteiger partial charge in [-0.25, -0.2) is 8.78 Å². The van der Waals surface area contributed by atoms with Gasteiger partial charge in [0, 0.05) is 11.5 Å². The van der Waals surface area contributed by atoms with Crippen LogP contribution in [-0.2, 0) is 26.2 Å². The van der Waals surface area contributed by atoms with Crippen molar-refractivity contribution in [3.63, 3.8) is 0 Å². The summed E-state index contributed by atoms with van der Waals surface area (Å²) in [6, 6.07) is 0. The second-order valence-electron chi connectivity index (χ2n) is 15.2. The maximum absolute atomic E-state index is 14.9. The predicted molar refractivity (Wildman–Crippen MR) is 142 cm³/mol. The number of rotatable bonds is 2. The monoisotopic (exact) mass is 543 g/mol. The molecular formula is C32H43F2NO4. The van der Waals surface area contributed by atoms with Crippen molar-refractivity contribution in [3.05, 3.63) is 29.2 Å². The van der Waals surface area contributed by atoms with Crippen LogP contribution in [0.15, 0.2) is 22.4 Å². The average molecular weight is 544 g/mol. The molecule has 1 aromatic heterocycles. The van der Waals surface area contributed by atoms with Crippen molar-refractivity contribution in [2.24, 2.45) is 51.2 Å². The Morgan fingerprint density at radius 3 is 2.46 bits per heavy atom. The standard InChI is InChI=1S/C32H43F2NO4/c1-28(2)14-19-18(20(15-28)26(37)38-7)8-10-31(5)24(19)21(36)12-23-29(3)13-17-16-35-39-25(17)32(6,27(33)34)22(29)9-11-30(23,31)4/h12,16,18-20,22,24,27H,8-11,13-15H2,1-7H3/t18?,19-,20-,22-,24+,29+,30-,31-,32+/m1/s1. The van der Waals surface area contributed by atoms with E-state index in [4.69, 9.17) is 9.26 Å². The van der Waals surface area contributed by atoms with Crippen LogP contribution in [0.5, 0.6) is 0 Å². The number of methoxy groups -OCH3 is 1. The quantitative estimate of drug-likeness (QED) is 0.378. The van der Waals surface area contributed by atoms with Gasteiger partial charge in [0.2, 0.25) is 0 Å². The van der Waals surface area contributed by atoms with E-state index in [9.17, 15) is 18.4 Å². The molecule has 1 aromatic rings. The van der Waals surface area contributed by atoms with Gasteiger partial charge in [-0.15, -0.1) is 0 Å². The highest BCUT2D eigenvalue weighted by molar-refractivity contribution is 5.95. The number of allylic oxidation sites excluding steroid dienone is 2. The number of halogens is 2. The van der Waals surface area contributed by atoms with Crippen molar-refractivity contribution < 1.29 is 27.6 Å².